The number of hydrogen-bond acceptors (Lipinski definition) is 1. The summed E-state index contributed by atoms with van der Waals surface area (Å²) in [6.45, 7) is 5.96. The molecular weight excluding hydrogens is 176 g/mol. The van der Waals surface area contributed by atoms with E-state index in [9.17, 15) is 4.79 Å². The zero-order chi connectivity index (χ0) is 10.1. The van der Waals surface area contributed by atoms with E-state index in [1.54, 1.807) is 0 Å². The van der Waals surface area contributed by atoms with Gasteiger partial charge in [0.25, 0.3) is 0 Å². The van der Waals surface area contributed by atoms with Crippen molar-refractivity contribution in [2.24, 2.45) is 11.8 Å². The van der Waals surface area contributed by atoms with Crippen LogP contribution in [0, 0.1) is 11.8 Å². The standard InChI is InChI=1S/C11H20N2O/c1-8(2)12-11(14)13-6-5-10(7-13)9-3-4-9/h8-10H,3-7H2,1-2H3,(H,12,14). The van der Waals surface area contributed by atoms with E-state index in [1.165, 1.54) is 19.3 Å². The van der Waals surface area contributed by atoms with Gasteiger partial charge in [0.1, 0.15) is 0 Å². The average molecular weight is 196 g/mol. The van der Waals surface area contributed by atoms with Crippen molar-refractivity contribution in [3.8, 4) is 0 Å². The third-order valence-electron chi connectivity index (χ3n) is 3.21. The molecule has 2 rings (SSSR count). The molecule has 0 spiro atoms. The van der Waals surface area contributed by atoms with Crippen molar-refractivity contribution in [3.05, 3.63) is 0 Å². The Hall–Kier alpha value is -0.730. The van der Waals surface area contributed by atoms with Gasteiger partial charge < -0.3 is 10.2 Å². The molecule has 1 atom stereocenters. The highest BCUT2D eigenvalue weighted by Gasteiger charge is 2.37. The summed E-state index contributed by atoms with van der Waals surface area (Å²) < 4.78 is 0. The molecule has 1 unspecified atom stereocenters. The van der Waals surface area contributed by atoms with Gasteiger partial charge in [-0.2, -0.15) is 0 Å². The van der Waals surface area contributed by atoms with Crippen molar-refractivity contribution < 1.29 is 4.79 Å². The van der Waals surface area contributed by atoms with E-state index in [1.807, 2.05) is 18.7 Å². The molecule has 2 fully saturated rings. The van der Waals surface area contributed by atoms with Crippen LogP contribution in [-0.4, -0.2) is 30.1 Å². The van der Waals surface area contributed by atoms with Crippen LogP contribution in [0.3, 0.4) is 0 Å². The van der Waals surface area contributed by atoms with Gasteiger partial charge in [0.2, 0.25) is 0 Å². The van der Waals surface area contributed by atoms with E-state index < -0.39 is 0 Å². The Morgan fingerprint density at radius 3 is 2.57 bits per heavy atom. The molecule has 0 radical (unpaired) electrons. The molecule has 0 aromatic rings. The summed E-state index contributed by atoms with van der Waals surface area (Å²) in [5, 5.41) is 2.95. The number of likely N-dealkylation sites (tertiary alicyclic amines) is 1. The van der Waals surface area contributed by atoms with Crippen molar-refractivity contribution >= 4 is 6.03 Å². The summed E-state index contributed by atoms with van der Waals surface area (Å²) in [7, 11) is 0. The van der Waals surface area contributed by atoms with Crippen LogP contribution in [-0.2, 0) is 0 Å². The first kappa shape index (κ1) is 9.81. The number of carbonyl (C=O) groups excluding carboxylic acids is 1. The molecule has 3 heteroatoms. The SMILES string of the molecule is CC(C)NC(=O)N1CCC(C2CC2)C1. The lowest BCUT2D eigenvalue weighted by Crippen LogP contribution is -2.41. The van der Waals surface area contributed by atoms with Crippen LogP contribution in [0.5, 0.6) is 0 Å². The van der Waals surface area contributed by atoms with Gasteiger partial charge in [-0.25, -0.2) is 4.79 Å². The van der Waals surface area contributed by atoms with E-state index in [0.717, 1.165) is 24.9 Å². The van der Waals surface area contributed by atoms with Crippen LogP contribution in [0.2, 0.25) is 0 Å². The molecule has 3 nitrogen and oxygen atoms in total. The van der Waals surface area contributed by atoms with Gasteiger partial charge in [-0.3, -0.25) is 0 Å². The fourth-order valence-corrected chi connectivity index (χ4v) is 2.26. The largest absolute Gasteiger partial charge is 0.336 e. The van der Waals surface area contributed by atoms with Gasteiger partial charge in [-0.05, 0) is 44.9 Å². The lowest BCUT2D eigenvalue weighted by Gasteiger charge is -2.19. The topological polar surface area (TPSA) is 32.3 Å². The zero-order valence-corrected chi connectivity index (χ0v) is 9.12. The number of carbonyl (C=O) groups is 1. The van der Waals surface area contributed by atoms with Gasteiger partial charge in [0, 0.05) is 19.1 Å². The minimum absolute atomic E-state index is 0.128. The highest BCUT2D eigenvalue weighted by atomic mass is 16.2. The first-order chi connectivity index (χ1) is 6.66. The highest BCUT2D eigenvalue weighted by molar-refractivity contribution is 5.74. The van der Waals surface area contributed by atoms with Crippen LogP contribution < -0.4 is 5.32 Å². The number of amides is 2. The van der Waals surface area contributed by atoms with E-state index in [4.69, 9.17) is 0 Å². The number of nitrogens with one attached hydrogen (secondary N) is 1. The average Bonchev–Trinajstić information content (AvgIpc) is 2.82. The Kier molecular flexibility index (Phi) is 2.66. The molecule has 2 aliphatic rings. The van der Waals surface area contributed by atoms with E-state index >= 15 is 0 Å². The van der Waals surface area contributed by atoms with Gasteiger partial charge in [0.15, 0.2) is 0 Å². The van der Waals surface area contributed by atoms with E-state index in [-0.39, 0.29) is 12.1 Å². The molecule has 1 N–H and O–H groups in total. The van der Waals surface area contributed by atoms with Crippen LogP contribution >= 0.6 is 0 Å². The van der Waals surface area contributed by atoms with Crippen molar-refractivity contribution in [3.63, 3.8) is 0 Å². The van der Waals surface area contributed by atoms with Crippen molar-refractivity contribution in [2.45, 2.75) is 39.2 Å². The quantitative estimate of drug-likeness (QED) is 0.718. The van der Waals surface area contributed by atoms with Crippen LogP contribution in [0.25, 0.3) is 0 Å². The Morgan fingerprint density at radius 2 is 2.00 bits per heavy atom. The molecule has 2 amide bonds. The monoisotopic (exact) mass is 196 g/mol. The van der Waals surface area contributed by atoms with Crippen LogP contribution in [0.4, 0.5) is 4.79 Å². The lowest BCUT2D eigenvalue weighted by atomic mass is 10.0. The Bertz CT molecular complexity index is 223. The molecule has 0 bridgehead atoms. The maximum absolute atomic E-state index is 11.7. The second-order valence-corrected chi connectivity index (χ2v) is 4.94. The maximum atomic E-state index is 11.7. The second-order valence-electron chi connectivity index (χ2n) is 4.94. The fourth-order valence-electron chi connectivity index (χ4n) is 2.26. The summed E-state index contributed by atoms with van der Waals surface area (Å²) in [5.74, 6) is 1.74. The van der Waals surface area contributed by atoms with Gasteiger partial charge in [-0.15, -0.1) is 0 Å². The summed E-state index contributed by atoms with van der Waals surface area (Å²) in [6.07, 6.45) is 4.00. The first-order valence-corrected chi connectivity index (χ1v) is 5.72. The summed E-state index contributed by atoms with van der Waals surface area (Å²) in [5.41, 5.74) is 0. The van der Waals surface area contributed by atoms with Crippen molar-refractivity contribution in [2.75, 3.05) is 13.1 Å². The van der Waals surface area contributed by atoms with Gasteiger partial charge >= 0.3 is 6.03 Å². The third kappa shape index (κ3) is 2.20. The van der Waals surface area contributed by atoms with Gasteiger partial charge in [0.05, 0.1) is 0 Å². The predicted octanol–water partition coefficient (Wildman–Crippen LogP) is 1.84. The predicted molar refractivity (Wildman–Crippen MR) is 56.1 cm³/mol. The normalized spacial score (nSPS) is 27.1. The number of hydrogen-bond donors (Lipinski definition) is 1. The Labute approximate surface area is 85.8 Å². The molecule has 1 aliphatic carbocycles. The fraction of sp³-hybridized carbons (Fsp3) is 0.909. The molecule has 0 aromatic carbocycles. The number of rotatable bonds is 2. The molecule has 0 aromatic heterocycles. The second kappa shape index (κ2) is 3.79. The minimum Gasteiger partial charge on any atom is -0.336 e. The lowest BCUT2D eigenvalue weighted by molar-refractivity contribution is 0.204. The highest BCUT2D eigenvalue weighted by Crippen LogP contribution is 2.41. The molecule has 1 aliphatic heterocycles. The molecule has 1 heterocycles. The zero-order valence-electron chi connectivity index (χ0n) is 9.12. The van der Waals surface area contributed by atoms with Crippen LogP contribution in [0.15, 0.2) is 0 Å². The first-order valence-electron chi connectivity index (χ1n) is 5.72. The summed E-state index contributed by atoms with van der Waals surface area (Å²) >= 11 is 0. The summed E-state index contributed by atoms with van der Waals surface area (Å²) in [4.78, 5) is 13.6. The Balaban J connectivity index is 1.79. The smallest absolute Gasteiger partial charge is 0.317 e. The molecular formula is C11H20N2O. The third-order valence-corrected chi connectivity index (χ3v) is 3.21. The van der Waals surface area contributed by atoms with E-state index in [0.29, 0.717) is 0 Å². The minimum atomic E-state index is 0.128. The van der Waals surface area contributed by atoms with Crippen LogP contribution in [0.1, 0.15) is 33.1 Å². The van der Waals surface area contributed by atoms with Crippen molar-refractivity contribution in [1.29, 1.82) is 0 Å². The van der Waals surface area contributed by atoms with E-state index in [2.05, 4.69) is 5.32 Å². The van der Waals surface area contributed by atoms with Gasteiger partial charge in [-0.1, -0.05) is 0 Å². The number of nitrogens with zero attached hydrogens (tertiary/aromatic N) is 1. The molecule has 14 heavy (non-hydrogen) atoms. The van der Waals surface area contributed by atoms with Crippen molar-refractivity contribution in [1.82, 2.24) is 10.2 Å². The molecule has 80 valence electrons. The maximum Gasteiger partial charge on any atom is 0.317 e. The Morgan fingerprint density at radius 1 is 1.29 bits per heavy atom. The molecule has 1 saturated heterocycles. The molecule has 1 saturated carbocycles. The summed E-state index contributed by atoms with van der Waals surface area (Å²) in [6, 6.07) is 0.380. The number of urea groups is 1.